The van der Waals surface area contributed by atoms with E-state index in [0.29, 0.717) is 5.96 Å². The summed E-state index contributed by atoms with van der Waals surface area (Å²) in [5.41, 5.74) is 10.5. The minimum absolute atomic E-state index is 0. The Hall–Kier alpha value is -1.67. The number of benzene rings is 1. The first kappa shape index (κ1) is 18.7. The van der Waals surface area contributed by atoms with E-state index in [-0.39, 0.29) is 30.5 Å². The van der Waals surface area contributed by atoms with Crippen LogP contribution < -0.4 is 11.1 Å². The molecule has 2 aromatic rings. The normalized spacial score (nSPS) is 15.1. The maximum absolute atomic E-state index is 10.1. The standard InChI is InChI=1S/C18H22N4O.HI/c19-18(21-12-17(23)14-8-10-20-11-9-14)22-16-7-3-5-13-4-1-2-6-15(13)16;/h3,5,7-11,17,23H,1-2,4,6,12H2,(H3,19,21,22);1H. The molecule has 6 heteroatoms. The van der Waals surface area contributed by atoms with Crippen molar-refractivity contribution in [3.8, 4) is 0 Å². The number of rotatable bonds is 4. The maximum Gasteiger partial charge on any atom is 0.193 e. The number of aliphatic hydroxyl groups is 1. The lowest BCUT2D eigenvalue weighted by Crippen LogP contribution is -2.25. The van der Waals surface area contributed by atoms with Gasteiger partial charge >= 0.3 is 0 Å². The molecule has 0 bridgehead atoms. The van der Waals surface area contributed by atoms with Crippen molar-refractivity contribution >= 4 is 35.6 Å². The van der Waals surface area contributed by atoms with Gasteiger partial charge in [0, 0.05) is 18.1 Å². The van der Waals surface area contributed by atoms with Crippen molar-refractivity contribution in [2.75, 3.05) is 11.9 Å². The Morgan fingerprint density at radius 1 is 1.21 bits per heavy atom. The van der Waals surface area contributed by atoms with Crippen molar-refractivity contribution in [2.45, 2.75) is 31.8 Å². The lowest BCUT2D eigenvalue weighted by molar-refractivity contribution is 0.187. The molecule has 1 aromatic carbocycles. The molecule has 1 atom stereocenters. The fraction of sp³-hybridized carbons (Fsp3) is 0.333. The Balaban J connectivity index is 0.00000208. The number of aliphatic imine (C=N–C) groups is 1. The van der Waals surface area contributed by atoms with Gasteiger partial charge in [0.15, 0.2) is 5.96 Å². The molecule has 0 spiro atoms. The molecule has 1 aliphatic rings. The van der Waals surface area contributed by atoms with E-state index < -0.39 is 6.10 Å². The van der Waals surface area contributed by atoms with Crippen molar-refractivity contribution in [3.63, 3.8) is 0 Å². The van der Waals surface area contributed by atoms with Crippen LogP contribution in [0.15, 0.2) is 47.7 Å². The van der Waals surface area contributed by atoms with Crippen LogP contribution in [0, 0.1) is 0 Å². The summed E-state index contributed by atoms with van der Waals surface area (Å²) in [7, 11) is 0. The minimum atomic E-state index is -0.678. The van der Waals surface area contributed by atoms with Crippen LogP contribution in [0.1, 0.15) is 35.6 Å². The van der Waals surface area contributed by atoms with E-state index in [9.17, 15) is 5.11 Å². The van der Waals surface area contributed by atoms with E-state index >= 15 is 0 Å². The second kappa shape index (κ2) is 8.98. The zero-order valence-electron chi connectivity index (χ0n) is 13.5. The van der Waals surface area contributed by atoms with E-state index in [2.05, 4.69) is 21.4 Å². The third-order valence-electron chi connectivity index (χ3n) is 4.18. The third-order valence-corrected chi connectivity index (χ3v) is 4.18. The highest BCUT2D eigenvalue weighted by molar-refractivity contribution is 14.0. The molecule has 0 saturated carbocycles. The van der Waals surface area contributed by atoms with Crippen LogP contribution in [-0.4, -0.2) is 22.6 Å². The Bertz CT molecular complexity index is 691. The quantitative estimate of drug-likeness (QED) is 0.389. The average Bonchev–Trinajstić information content (AvgIpc) is 2.61. The first-order valence-electron chi connectivity index (χ1n) is 8.00. The van der Waals surface area contributed by atoms with Crippen LogP contribution in [0.25, 0.3) is 0 Å². The average molecular weight is 438 g/mol. The van der Waals surface area contributed by atoms with Crippen LogP contribution >= 0.6 is 24.0 Å². The Morgan fingerprint density at radius 3 is 2.75 bits per heavy atom. The van der Waals surface area contributed by atoms with Gasteiger partial charge < -0.3 is 16.2 Å². The predicted molar refractivity (Wildman–Crippen MR) is 108 cm³/mol. The number of guanidine groups is 1. The molecule has 0 amide bonds. The SMILES string of the molecule is I.NC(=NCC(O)c1ccncc1)Nc1cccc2c1CCCC2. The topological polar surface area (TPSA) is 83.5 Å². The number of pyridine rings is 1. The van der Waals surface area contributed by atoms with Gasteiger partial charge in [-0.3, -0.25) is 9.98 Å². The lowest BCUT2D eigenvalue weighted by Gasteiger charge is -2.20. The molecule has 5 nitrogen and oxygen atoms in total. The second-order valence-corrected chi connectivity index (χ2v) is 5.80. The molecule has 0 radical (unpaired) electrons. The van der Waals surface area contributed by atoms with Crippen LogP contribution in [0.2, 0.25) is 0 Å². The van der Waals surface area contributed by atoms with Crippen molar-refractivity contribution in [1.29, 1.82) is 0 Å². The number of hydrogen-bond acceptors (Lipinski definition) is 3. The molecule has 24 heavy (non-hydrogen) atoms. The monoisotopic (exact) mass is 438 g/mol. The summed E-state index contributed by atoms with van der Waals surface area (Å²) >= 11 is 0. The lowest BCUT2D eigenvalue weighted by atomic mass is 9.90. The summed E-state index contributed by atoms with van der Waals surface area (Å²) in [6, 6.07) is 9.81. The highest BCUT2D eigenvalue weighted by Gasteiger charge is 2.13. The van der Waals surface area contributed by atoms with Gasteiger partial charge in [-0.25, -0.2) is 0 Å². The first-order valence-corrected chi connectivity index (χ1v) is 8.00. The number of halogens is 1. The Morgan fingerprint density at radius 2 is 1.96 bits per heavy atom. The predicted octanol–water partition coefficient (Wildman–Crippen LogP) is 3.04. The van der Waals surface area contributed by atoms with Gasteiger partial charge in [-0.05, 0) is 60.6 Å². The number of aliphatic hydroxyl groups excluding tert-OH is 1. The fourth-order valence-electron chi connectivity index (χ4n) is 2.95. The number of hydrogen-bond donors (Lipinski definition) is 3. The summed E-state index contributed by atoms with van der Waals surface area (Å²) in [6.45, 7) is 0.220. The smallest absolute Gasteiger partial charge is 0.193 e. The molecule has 3 rings (SSSR count). The largest absolute Gasteiger partial charge is 0.386 e. The van der Waals surface area contributed by atoms with Crippen LogP contribution in [0.5, 0.6) is 0 Å². The molecule has 0 aliphatic heterocycles. The molecule has 1 aliphatic carbocycles. The summed E-state index contributed by atoms with van der Waals surface area (Å²) in [6.07, 6.45) is 7.29. The number of aryl methyl sites for hydroxylation is 1. The van der Waals surface area contributed by atoms with Crippen molar-refractivity contribution in [1.82, 2.24) is 4.98 Å². The molecule has 0 saturated heterocycles. The maximum atomic E-state index is 10.1. The van der Waals surface area contributed by atoms with E-state index in [1.165, 1.54) is 24.0 Å². The van der Waals surface area contributed by atoms with E-state index in [0.717, 1.165) is 24.1 Å². The van der Waals surface area contributed by atoms with E-state index in [1.807, 2.05) is 12.1 Å². The van der Waals surface area contributed by atoms with Crippen molar-refractivity contribution in [3.05, 3.63) is 59.4 Å². The van der Waals surface area contributed by atoms with Gasteiger partial charge in [-0.2, -0.15) is 0 Å². The summed E-state index contributed by atoms with van der Waals surface area (Å²) < 4.78 is 0. The summed E-state index contributed by atoms with van der Waals surface area (Å²) in [4.78, 5) is 8.19. The van der Waals surface area contributed by atoms with Crippen LogP contribution in [-0.2, 0) is 12.8 Å². The van der Waals surface area contributed by atoms with Crippen molar-refractivity contribution < 1.29 is 5.11 Å². The number of aromatic nitrogens is 1. The number of anilines is 1. The highest BCUT2D eigenvalue weighted by atomic mass is 127. The minimum Gasteiger partial charge on any atom is -0.386 e. The fourth-order valence-corrected chi connectivity index (χ4v) is 2.95. The molecule has 1 heterocycles. The van der Waals surface area contributed by atoms with Crippen LogP contribution in [0.4, 0.5) is 5.69 Å². The molecule has 0 fully saturated rings. The first-order chi connectivity index (χ1) is 11.2. The van der Waals surface area contributed by atoms with Crippen LogP contribution in [0.3, 0.4) is 0 Å². The Labute approximate surface area is 159 Å². The highest BCUT2D eigenvalue weighted by Crippen LogP contribution is 2.27. The summed E-state index contributed by atoms with van der Waals surface area (Å²) in [5, 5.41) is 13.3. The van der Waals surface area contributed by atoms with E-state index in [4.69, 9.17) is 5.73 Å². The number of nitrogens with zero attached hydrogens (tertiary/aromatic N) is 2. The second-order valence-electron chi connectivity index (χ2n) is 5.80. The van der Waals surface area contributed by atoms with Gasteiger partial charge in [-0.15, -0.1) is 24.0 Å². The molecule has 1 unspecified atom stereocenters. The van der Waals surface area contributed by atoms with Gasteiger partial charge in [0.25, 0.3) is 0 Å². The van der Waals surface area contributed by atoms with Gasteiger partial charge in [0.2, 0.25) is 0 Å². The molecular formula is C18H23IN4O. The Kier molecular flexibility index (Phi) is 6.99. The molecule has 128 valence electrons. The van der Waals surface area contributed by atoms with Crippen molar-refractivity contribution in [2.24, 2.45) is 10.7 Å². The molecule has 1 aromatic heterocycles. The zero-order chi connectivity index (χ0) is 16.1. The van der Waals surface area contributed by atoms with Gasteiger partial charge in [0.1, 0.15) is 0 Å². The van der Waals surface area contributed by atoms with Gasteiger partial charge in [-0.1, -0.05) is 12.1 Å². The third kappa shape index (κ3) is 4.67. The summed E-state index contributed by atoms with van der Waals surface area (Å²) in [5.74, 6) is 0.331. The van der Waals surface area contributed by atoms with Gasteiger partial charge in [0.05, 0.1) is 12.6 Å². The zero-order valence-corrected chi connectivity index (χ0v) is 15.8. The number of fused-ring (bicyclic) bond motifs is 1. The molecule has 4 N–H and O–H groups in total. The molecular weight excluding hydrogens is 415 g/mol. The number of nitrogens with two attached hydrogens (primary N) is 1. The van der Waals surface area contributed by atoms with E-state index in [1.54, 1.807) is 24.5 Å². The number of nitrogens with one attached hydrogen (secondary N) is 1.